The van der Waals surface area contributed by atoms with Crippen LogP contribution in [0.15, 0.2) is 6.07 Å². The van der Waals surface area contributed by atoms with E-state index in [1.165, 1.54) is 6.42 Å². The third-order valence-electron chi connectivity index (χ3n) is 4.93. The van der Waals surface area contributed by atoms with Crippen molar-refractivity contribution in [2.75, 3.05) is 37.6 Å². The summed E-state index contributed by atoms with van der Waals surface area (Å²) in [6.07, 6.45) is -3.27. The van der Waals surface area contributed by atoms with Gasteiger partial charge in [-0.2, -0.15) is 13.2 Å². The average molecular weight is 355 g/mol. The van der Waals surface area contributed by atoms with E-state index in [1.807, 2.05) is 25.7 Å². The Hall–Kier alpha value is -1.37. The number of anilines is 1. The zero-order valence-corrected chi connectivity index (χ0v) is 15.1. The first kappa shape index (κ1) is 18.4. The zero-order valence-electron chi connectivity index (χ0n) is 15.1. The average Bonchev–Trinajstić information content (AvgIpc) is 3.21. The number of rotatable bonds is 3. The highest BCUT2D eigenvalue weighted by Gasteiger charge is 2.37. The first-order valence-electron chi connectivity index (χ1n) is 8.81. The number of hydrogen-bond donors (Lipinski definition) is 0. The summed E-state index contributed by atoms with van der Waals surface area (Å²) < 4.78 is 39.7. The van der Waals surface area contributed by atoms with Crippen molar-refractivity contribution < 1.29 is 13.2 Å². The quantitative estimate of drug-likeness (QED) is 0.832. The lowest BCUT2D eigenvalue weighted by atomic mass is 9.95. The molecule has 2 fully saturated rings. The van der Waals surface area contributed by atoms with Crippen molar-refractivity contribution in [3.8, 4) is 0 Å². The molecule has 139 valence electrons. The van der Waals surface area contributed by atoms with Crippen molar-refractivity contribution >= 4 is 5.82 Å². The predicted octanol–water partition coefficient (Wildman–Crippen LogP) is 3.39. The molecule has 1 aliphatic heterocycles. The molecule has 25 heavy (non-hydrogen) atoms. The molecule has 3 rings (SSSR count). The molecule has 1 saturated heterocycles. The fourth-order valence-electron chi connectivity index (χ4n) is 3.10. The molecule has 0 amide bonds. The second kappa shape index (κ2) is 6.41. The molecule has 1 aromatic rings. The van der Waals surface area contributed by atoms with Gasteiger partial charge in [-0.3, -0.25) is 4.90 Å². The van der Waals surface area contributed by atoms with Crippen LogP contribution in [0.25, 0.3) is 0 Å². The zero-order chi connectivity index (χ0) is 18.4. The second-order valence-corrected chi connectivity index (χ2v) is 8.23. The summed E-state index contributed by atoms with van der Waals surface area (Å²) in [6, 6.07) is 1.08. The van der Waals surface area contributed by atoms with Gasteiger partial charge in [-0.05, 0) is 25.2 Å². The van der Waals surface area contributed by atoms with E-state index in [-0.39, 0.29) is 5.82 Å². The van der Waals surface area contributed by atoms with Crippen LogP contribution in [0.2, 0.25) is 0 Å². The van der Waals surface area contributed by atoms with Crippen LogP contribution in [-0.4, -0.2) is 47.6 Å². The maximum atomic E-state index is 13.2. The molecule has 2 aliphatic rings. The molecule has 1 aromatic heterocycles. The molecule has 2 unspecified atom stereocenters. The number of piperazine rings is 1. The highest BCUT2D eigenvalue weighted by atomic mass is 19.4. The number of halogens is 3. The first-order valence-corrected chi connectivity index (χ1v) is 8.81. The van der Waals surface area contributed by atoms with E-state index < -0.39 is 17.3 Å². The highest BCUT2D eigenvalue weighted by Crippen LogP contribution is 2.38. The first-order chi connectivity index (χ1) is 11.5. The van der Waals surface area contributed by atoms with Gasteiger partial charge < -0.3 is 4.90 Å². The fraction of sp³-hybridized carbons (Fsp3) is 0.722. The van der Waals surface area contributed by atoms with Gasteiger partial charge in [0.25, 0.3) is 0 Å². The summed E-state index contributed by atoms with van der Waals surface area (Å²) >= 11 is 0. The highest BCUT2D eigenvalue weighted by molar-refractivity contribution is 5.42. The molecule has 1 radical (unpaired) electrons. The van der Waals surface area contributed by atoms with Crippen molar-refractivity contribution in [1.82, 2.24) is 14.9 Å². The molecule has 1 saturated carbocycles. The monoisotopic (exact) mass is 355 g/mol. The molecule has 7 heteroatoms. The van der Waals surface area contributed by atoms with E-state index in [0.717, 1.165) is 25.7 Å². The molecule has 2 atom stereocenters. The number of nitrogens with zero attached hydrogens (tertiary/aromatic N) is 4. The van der Waals surface area contributed by atoms with E-state index >= 15 is 0 Å². The van der Waals surface area contributed by atoms with Crippen LogP contribution < -0.4 is 4.90 Å². The molecule has 2 heterocycles. The Bertz CT molecular complexity index is 583. The Balaban J connectivity index is 1.75. The van der Waals surface area contributed by atoms with Crippen LogP contribution in [0.3, 0.4) is 0 Å². The third-order valence-corrected chi connectivity index (χ3v) is 4.93. The molecular formula is C18H26F3N4. The van der Waals surface area contributed by atoms with Gasteiger partial charge in [-0.25, -0.2) is 9.97 Å². The normalized spacial score (nSPS) is 25.3. The van der Waals surface area contributed by atoms with Crippen molar-refractivity contribution in [2.24, 2.45) is 11.8 Å². The minimum Gasteiger partial charge on any atom is -0.354 e. The van der Waals surface area contributed by atoms with Crippen LogP contribution in [-0.2, 0) is 11.6 Å². The smallest absolute Gasteiger partial charge is 0.354 e. The van der Waals surface area contributed by atoms with E-state index in [9.17, 15) is 13.2 Å². The van der Waals surface area contributed by atoms with Gasteiger partial charge in [-0.1, -0.05) is 20.8 Å². The molecule has 1 aliphatic carbocycles. The van der Waals surface area contributed by atoms with Gasteiger partial charge in [-0.15, -0.1) is 0 Å². The van der Waals surface area contributed by atoms with Crippen molar-refractivity contribution in [3.63, 3.8) is 0 Å². The summed E-state index contributed by atoms with van der Waals surface area (Å²) in [5.41, 5.74) is -1.39. The SMILES string of the molecule is [CH2]C1CC1CN1CCN(c2cc(C(F)(F)F)nc(C(C)(C)C)n2)CC1. The van der Waals surface area contributed by atoms with Crippen LogP contribution >= 0.6 is 0 Å². The van der Waals surface area contributed by atoms with E-state index in [2.05, 4.69) is 21.8 Å². The Morgan fingerprint density at radius 2 is 1.72 bits per heavy atom. The summed E-state index contributed by atoms with van der Waals surface area (Å²) in [4.78, 5) is 12.5. The Kier molecular flexibility index (Phi) is 4.73. The van der Waals surface area contributed by atoms with Crippen LogP contribution in [0.4, 0.5) is 19.0 Å². The van der Waals surface area contributed by atoms with Gasteiger partial charge in [0.15, 0.2) is 0 Å². The number of hydrogen-bond acceptors (Lipinski definition) is 4. The molecule has 0 aromatic carbocycles. The van der Waals surface area contributed by atoms with E-state index in [4.69, 9.17) is 0 Å². The van der Waals surface area contributed by atoms with Crippen LogP contribution in [0, 0.1) is 18.8 Å². The topological polar surface area (TPSA) is 32.3 Å². The Morgan fingerprint density at radius 1 is 1.12 bits per heavy atom. The van der Waals surface area contributed by atoms with Gasteiger partial charge in [0.05, 0.1) is 0 Å². The molecule has 4 nitrogen and oxygen atoms in total. The molecule has 0 bridgehead atoms. The molecule has 0 N–H and O–H groups in total. The van der Waals surface area contributed by atoms with Gasteiger partial charge in [0, 0.05) is 44.2 Å². The lowest BCUT2D eigenvalue weighted by molar-refractivity contribution is -0.141. The molecular weight excluding hydrogens is 329 g/mol. The standard InChI is InChI=1S/C18H26F3N4/c1-12-9-13(12)11-24-5-7-25(8-6-24)15-10-14(18(19,20)21)22-16(23-15)17(2,3)4/h10,12-13H,1,5-9,11H2,2-4H3. The van der Waals surface area contributed by atoms with E-state index in [1.54, 1.807) is 0 Å². The maximum absolute atomic E-state index is 13.2. The van der Waals surface area contributed by atoms with Crippen molar-refractivity contribution in [1.29, 1.82) is 0 Å². The van der Waals surface area contributed by atoms with Crippen molar-refractivity contribution in [2.45, 2.75) is 38.8 Å². The molecule has 0 spiro atoms. The minimum atomic E-state index is -4.46. The van der Waals surface area contributed by atoms with Gasteiger partial charge in [0.2, 0.25) is 0 Å². The fourth-order valence-corrected chi connectivity index (χ4v) is 3.10. The minimum absolute atomic E-state index is 0.234. The van der Waals surface area contributed by atoms with Gasteiger partial charge in [0.1, 0.15) is 17.3 Å². The Labute approximate surface area is 147 Å². The van der Waals surface area contributed by atoms with Gasteiger partial charge >= 0.3 is 6.18 Å². The summed E-state index contributed by atoms with van der Waals surface area (Å²) in [5.74, 6) is 1.88. The number of aromatic nitrogens is 2. The Morgan fingerprint density at radius 3 is 2.20 bits per heavy atom. The third kappa shape index (κ3) is 4.43. The lowest BCUT2D eigenvalue weighted by Crippen LogP contribution is -2.47. The van der Waals surface area contributed by atoms with Crippen LogP contribution in [0.1, 0.15) is 38.7 Å². The summed E-state index contributed by atoms with van der Waals surface area (Å²) in [6.45, 7) is 13.7. The largest absolute Gasteiger partial charge is 0.433 e. The lowest BCUT2D eigenvalue weighted by Gasteiger charge is -2.36. The van der Waals surface area contributed by atoms with Crippen molar-refractivity contribution in [3.05, 3.63) is 24.5 Å². The number of alkyl halides is 3. The predicted molar refractivity (Wildman–Crippen MR) is 91.3 cm³/mol. The van der Waals surface area contributed by atoms with Crippen LogP contribution in [0.5, 0.6) is 0 Å². The second-order valence-electron chi connectivity index (χ2n) is 8.23. The summed E-state index contributed by atoms with van der Waals surface area (Å²) in [5, 5.41) is 0. The maximum Gasteiger partial charge on any atom is 0.433 e. The van der Waals surface area contributed by atoms with E-state index in [0.29, 0.717) is 30.7 Å². The summed E-state index contributed by atoms with van der Waals surface area (Å²) in [7, 11) is 0.